The van der Waals surface area contributed by atoms with E-state index in [2.05, 4.69) is 4.98 Å². The minimum absolute atomic E-state index is 0.323. The Kier molecular flexibility index (Phi) is 3.39. The van der Waals surface area contributed by atoms with E-state index < -0.39 is 5.91 Å². The van der Waals surface area contributed by atoms with Gasteiger partial charge in [-0.2, -0.15) is 0 Å². The molecule has 0 saturated carbocycles. The Morgan fingerprint density at radius 3 is 2.71 bits per heavy atom. The second kappa shape index (κ2) is 4.97. The third-order valence-electron chi connectivity index (χ3n) is 2.12. The van der Waals surface area contributed by atoms with E-state index in [-0.39, 0.29) is 0 Å². The fourth-order valence-corrected chi connectivity index (χ4v) is 2.27. The van der Waals surface area contributed by atoms with Crippen LogP contribution in [0.4, 0.5) is 0 Å². The number of carbonyl (C=O) groups is 1. The molecule has 0 radical (unpaired) electrons. The molecule has 4 nitrogen and oxygen atoms in total. The van der Waals surface area contributed by atoms with Crippen molar-refractivity contribution in [2.45, 2.75) is 6.92 Å². The third-order valence-corrected chi connectivity index (χ3v) is 3.22. The average molecular weight is 248 g/mol. The van der Waals surface area contributed by atoms with Crippen LogP contribution in [0.3, 0.4) is 0 Å². The van der Waals surface area contributed by atoms with Crippen LogP contribution >= 0.6 is 11.3 Å². The minimum atomic E-state index is -0.506. The molecule has 0 aliphatic carbocycles. The smallest absolute Gasteiger partial charge is 0.264 e. The highest BCUT2D eigenvalue weighted by molar-refractivity contribution is 7.17. The zero-order valence-electron chi connectivity index (χ0n) is 9.34. The molecule has 2 rings (SSSR count). The molecule has 88 valence electrons. The molecule has 0 saturated heterocycles. The quantitative estimate of drug-likeness (QED) is 0.902. The van der Waals surface area contributed by atoms with Gasteiger partial charge in [0.2, 0.25) is 5.88 Å². The summed E-state index contributed by atoms with van der Waals surface area (Å²) in [6, 6.07) is 9.62. The van der Waals surface area contributed by atoms with Crippen molar-refractivity contribution in [2.24, 2.45) is 5.73 Å². The van der Waals surface area contributed by atoms with Crippen LogP contribution in [0.25, 0.3) is 10.6 Å². The van der Waals surface area contributed by atoms with Gasteiger partial charge in [0.05, 0.1) is 6.61 Å². The van der Waals surface area contributed by atoms with Crippen LogP contribution in [0.5, 0.6) is 5.88 Å². The monoisotopic (exact) mass is 248 g/mol. The third kappa shape index (κ3) is 2.45. The summed E-state index contributed by atoms with van der Waals surface area (Å²) < 4.78 is 5.30. The Bertz CT molecular complexity index is 523. The summed E-state index contributed by atoms with van der Waals surface area (Å²) in [5, 5.41) is 0.739. The van der Waals surface area contributed by atoms with E-state index >= 15 is 0 Å². The molecule has 0 spiro atoms. The Hall–Kier alpha value is -1.88. The maximum Gasteiger partial charge on any atom is 0.264 e. The molecule has 2 aromatic rings. The lowest BCUT2D eigenvalue weighted by atomic mass is 10.2. The molecule has 1 aromatic heterocycles. The maximum absolute atomic E-state index is 11.3. The summed E-state index contributed by atoms with van der Waals surface area (Å²) in [5.41, 5.74) is 6.24. The summed E-state index contributed by atoms with van der Waals surface area (Å²) in [4.78, 5) is 15.9. The number of aromatic nitrogens is 1. The van der Waals surface area contributed by atoms with Crippen molar-refractivity contribution in [3.8, 4) is 16.5 Å². The Morgan fingerprint density at radius 2 is 2.12 bits per heavy atom. The first-order valence-corrected chi connectivity index (χ1v) is 6.03. The number of amides is 1. The van der Waals surface area contributed by atoms with E-state index in [1.807, 2.05) is 37.3 Å². The van der Waals surface area contributed by atoms with Crippen molar-refractivity contribution in [2.75, 3.05) is 6.61 Å². The van der Waals surface area contributed by atoms with Gasteiger partial charge in [-0.15, -0.1) is 11.3 Å². The minimum Gasteiger partial charge on any atom is -0.477 e. The molecular weight excluding hydrogens is 236 g/mol. The van der Waals surface area contributed by atoms with Gasteiger partial charge in [0, 0.05) is 5.56 Å². The van der Waals surface area contributed by atoms with Crippen LogP contribution in [0.15, 0.2) is 30.3 Å². The second-order valence-corrected chi connectivity index (χ2v) is 4.32. The lowest BCUT2D eigenvalue weighted by molar-refractivity contribution is 0.100. The number of primary amides is 1. The highest BCUT2D eigenvalue weighted by Gasteiger charge is 2.17. The molecule has 1 aromatic carbocycles. The van der Waals surface area contributed by atoms with Gasteiger partial charge in [-0.25, -0.2) is 4.98 Å². The van der Waals surface area contributed by atoms with Gasteiger partial charge in [-0.3, -0.25) is 4.79 Å². The molecular formula is C12H12N2O2S. The van der Waals surface area contributed by atoms with Crippen LogP contribution in [-0.2, 0) is 0 Å². The number of carbonyl (C=O) groups excluding carboxylic acids is 1. The van der Waals surface area contributed by atoms with E-state index in [4.69, 9.17) is 10.5 Å². The van der Waals surface area contributed by atoms with Gasteiger partial charge in [-0.1, -0.05) is 30.3 Å². The van der Waals surface area contributed by atoms with Crippen molar-refractivity contribution in [3.63, 3.8) is 0 Å². The average Bonchev–Trinajstić information content (AvgIpc) is 2.75. The first-order chi connectivity index (χ1) is 8.22. The fourth-order valence-electron chi connectivity index (χ4n) is 1.40. The number of nitrogens with zero attached hydrogens (tertiary/aromatic N) is 1. The molecule has 0 bridgehead atoms. The molecule has 0 fully saturated rings. The van der Waals surface area contributed by atoms with E-state index in [1.165, 1.54) is 11.3 Å². The molecule has 0 atom stereocenters. The lowest BCUT2D eigenvalue weighted by Gasteiger charge is -1.98. The molecule has 2 N–H and O–H groups in total. The molecule has 0 aliphatic heterocycles. The molecule has 0 unspecified atom stereocenters. The van der Waals surface area contributed by atoms with Gasteiger partial charge in [0.1, 0.15) is 5.01 Å². The van der Waals surface area contributed by atoms with Crippen molar-refractivity contribution in [1.82, 2.24) is 4.98 Å². The molecule has 0 aliphatic rings. The van der Waals surface area contributed by atoms with Gasteiger partial charge >= 0.3 is 0 Å². The SMILES string of the molecule is CCOc1nc(-c2ccccc2)sc1C(N)=O. The molecule has 1 heterocycles. The summed E-state index contributed by atoms with van der Waals surface area (Å²) in [5.74, 6) is -0.183. The first-order valence-electron chi connectivity index (χ1n) is 5.21. The lowest BCUT2D eigenvalue weighted by Crippen LogP contribution is -2.10. The number of nitrogens with two attached hydrogens (primary N) is 1. The van der Waals surface area contributed by atoms with Crippen molar-refractivity contribution >= 4 is 17.2 Å². The highest BCUT2D eigenvalue weighted by Crippen LogP contribution is 2.31. The normalized spacial score (nSPS) is 10.2. The Labute approximate surface area is 103 Å². The fraction of sp³-hybridized carbons (Fsp3) is 0.167. The van der Waals surface area contributed by atoms with Gasteiger partial charge in [0.15, 0.2) is 4.88 Å². The van der Waals surface area contributed by atoms with Gasteiger partial charge < -0.3 is 10.5 Å². The number of benzene rings is 1. The van der Waals surface area contributed by atoms with Crippen LogP contribution in [0.2, 0.25) is 0 Å². The standard InChI is InChI=1S/C12H12N2O2S/c1-2-16-11-9(10(13)15)17-12(14-11)8-6-4-3-5-7-8/h3-7H,2H2,1H3,(H2,13,15). The maximum atomic E-state index is 11.3. The van der Waals surface area contributed by atoms with Crippen LogP contribution in [0, 0.1) is 0 Å². The van der Waals surface area contributed by atoms with Crippen LogP contribution in [-0.4, -0.2) is 17.5 Å². The Balaban J connectivity index is 2.44. The second-order valence-electron chi connectivity index (χ2n) is 3.32. The summed E-state index contributed by atoms with van der Waals surface area (Å²) in [6.45, 7) is 2.30. The van der Waals surface area contributed by atoms with Crippen molar-refractivity contribution in [3.05, 3.63) is 35.2 Å². The number of ether oxygens (including phenoxy) is 1. The molecule has 17 heavy (non-hydrogen) atoms. The van der Waals surface area contributed by atoms with Crippen LogP contribution < -0.4 is 10.5 Å². The number of rotatable bonds is 4. The van der Waals surface area contributed by atoms with E-state index in [9.17, 15) is 4.79 Å². The van der Waals surface area contributed by atoms with E-state index in [1.54, 1.807) is 0 Å². The zero-order valence-corrected chi connectivity index (χ0v) is 10.2. The molecule has 5 heteroatoms. The zero-order chi connectivity index (χ0) is 12.3. The topological polar surface area (TPSA) is 65.2 Å². The van der Waals surface area contributed by atoms with Gasteiger partial charge in [-0.05, 0) is 6.92 Å². The van der Waals surface area contributed by atoms with Crippen molar-refractivity contribution < 1.29 is 9.53 Å². The molecule has 1 amide bonds. The predicted molar refractivity (Wildman–Crippen MR) is 67.2 cm³/mol. The largest absolute Gasteiger partial charge is 0.477 e. The Morgan fingerprint density at radius 1 is 1.41 bits per heavy atom. The number of thiazole rings is 1. The van der Waals surface area contributed by atoms with Crippen LogP contribution in [0.1, 0.15) is 16.6 Å². The number of hydrogen-bond acceptors (Lipinski definition) is 4. The van der Waals surface area contributed by atoms with E-state index in [0.717, 1.165) is 10.6 Å². The number of hydrogen-bond donors (Lipinski definition) is 1. The first kappa shape index (κ1) is 11.6. The van der Waals surface area contributed by atoms with E-state index in [0.29, 0.717) is 17.4 Å². The summed E-state index contributed by atoms with van der Waals surface area (Å²) in [6.07, 6.45) is 0. The summed E-state index contributed by atoms with van der Waals surface area (Å²) >= 11 is 1.25. The summed E-state index contributed by atoms with van der Waals surface area (Å²) in [7, 11) is 0. The predicted octanol–water partition coefficient (Wildman–Crippen LogP) is 2.31. The van der Waals surface area contributed by atoms with Gasteiger partial charge in [0.25, 0.3) is 5.91 Å². The van der Waals surface area contributed by atoms with Crippen molar-refractivity contribution in [1.29, 1.82) is 0 Å². The highest BCUT2D eigenvalue weighted by atomic mass is 32.1.